The molecule has 1 heterocycles. The molecular formula is C12H20BrN3. The van der Waals surface area contributed by atoms with Gasteiger partial charge in [0.05, 0.1) is 0 Å². The van der Waals surface area contributed by atoms with E-state index in [1.165, 1.54) is 6.42 Å². The second-order valence-electron chi connectivity index (χ2n) is 4.16. The smallest absolute Gasteiger partial charge is 0.131 e. The third-order valence-corrected chi connectivity index (χ3v) is 3.34. The Labute approximate surface area is 106 Å². The van der Waals surface area contributed by atoms with E-state index in [4.69, 9.17) is 0 Å². The van der Waals surface area contributed by atoms with E-state index in [-0.39, 0.29) is 0 Å². The van der Waals surface area contributed by atoms with E-state index in [1.54, 1.807) is 0 Å². The van der Waals surface area contributed by atoms with Crippen LogP contribution < -0.4 is 5.32 Å². The fourth-order valence-corrected chi connectivity index (χ4v) is 1.85. The molecule has 90 valence electrons. The Hall–Kier alpha value is -0.640. The third-order valence-electron chi connectivity index (χ3n) is 2.93. The summed E-state index contributed by atoms with van der Waals surface area (Å²) in [7, 11) is 0. The normalized spacial score (nSPS) is 14.6. The van der Waals surface area contributed by atoms with Crippen molar-refractivity contribution in [3.8, 4) is 0 Å². The van der Waals surface area contributed by atoms with Gasteiger partial charge < -0.3 is 5.32 Å². The fourth-order valence-electron chi connectivity index (χ4n) is 1.43. The molecule has 0 saturated carbocycles. The topological polar surface area (TPSA) is 37.8 Å². The molecule has 0 aliphatic heterocycles. The number of hydrogen-bond acceptors (Lipinski definition) is 3. The predicted molar refractivity (Wildman–Crippen MR) is 71.6 cm³/mol. The van der Waals surface area contributed by atoms with Crippen LogP contribution in [-0.2, 0) is 6.42 Å². The molecule has 0 amide bonds. The monoisotopic (exact) mass is 285 g/mol. The van der Waals surface area contributed by atoms with Crippen molar-refractivity contribution in [2.24, 2.45) is 5.92 Å². The van der Waals surface area contributed by atoms with Crippen molar-refractivity contribution in [3.05, 3.63) is 16.5 Å². The Balaban J connectivity index is 2.76. The number of halogens is 1. The average molecular weight is 286 g/mol. The zero-order chi connectivity index (χ0) is 12.1. The summed E-state index contributed by atoms with van der Waals surface area (Å²) in [6.45, 7) is 8.70. The van der Waals surface area contributed by atoms with Gasteiger partial charge >= 0.3 is 0 Å². The molecule has 2 unspecified atom stereocenters. The lowest BCUT2D eigenvalue weighted by atomic mass is 10.0. The van der Waals surface area contributed by atoms with Crippen molar-refractivity contribution in [1.29, 1.82) is 0 Å². The molecule has 0 aliphatic rings. The van der Waals surface area contributed by atoms with Crippen molar-refractivity contribution in [2.45, 2.75) is 46.6 Å². The third kappa shape index (κ3) is 3.74. The molecule has 4 heteroatoms. The maximum absolute atomic E-state index is 4.46. The van der Waals surface area contributed by atoms with Gasteiger partial charge in [0.25, 0.3) is 0 Å². The predicted octanol–water partition coefficient (Wildman–Crippen LogP) is 3.65. The minimum atomic E-state index is 0.427. The Morgan fingerprint density at radius 3 is 2.56 bits per heavy atom. The SMILES string of the molecule is CCc1nc(Br)cc(NC(C)C(C)CC)n1. The van der Waals surface area contributed by atoms with Gasteiger partial charge in [0.2, 0.25) is 0 Å². The summed E-state index contributed by atoms with van der Waals surface area (Å²) in [4.78, 5) is 8.75. The highest BCUT2D eigenvalue weighted by molar-refractivity contribution is 9.10. The number of aryl methyl sites for hydroxylation is 1. The highest BCUT2D eigenvalue weighted by Crippen LogP contribution is 2.16. The molecule has 16 heavy (non-hydrogen) atoms. The first-order valence-corrected chi connectivity index (χ1v) is 6.66. The van der Waals surface area contributed by atoms with E-state index in [0.717, 1.165) is 22.7 Å². The molecule has 1 aromatic heterocycles. The van der Waals surface area contributed by atoms with Crippen molar-refractivity contribution >= 4 is 21.7 Å². The lowest BCUT2D eigenvalue weighted by Gasteiger charge is -2.20. The van der Waals surface area contributed by atoms with E-state index >= 15 is 0 Å². The van der Waals surface area contributed by atoms with Crippen LogP contribution in [-0.4, -0.2) is 16.0 Å². The second kappa shape index (κ2) is 6.18. The Morgan fingerprint density at radius 1 is 1.31 bits per heavy atom. The van der Waals surface area contributed by atoms with Gasteiger partial charge in [0, 0.05) is 18.5 Å². The molecule has 1 aromatic rings. The van der Waals surface area contributed by atoms with E-state index in [1.807, 2.05) is 6.07 Å². The van der Waals surface area contributed by atoms with Gasteiger partial charge in [-0.25, -0.2) is 9.97 Å². The van der Waals surface area contributed by atoms with Crippen LogP contribution in [0.1, 0.15) is 39.9 Å². The number of anilines is 1. The van der Waals surface area contributed by atoms with Crippen LogP contribution >= 0.6 is 15.9 Å². The summed E-state index contributed by atoms with van der Waals surface area (Å²) in [5.41, 5.74) is 0. The minimum absolute atomic E-state index is 0.427. The van der Waals surface area contributed by atoms with Gasteiger partial charge in [0.15, 0.2) is 0 Å². The van der Waals surface area contributed by atoms with E-state index in [9.17, 15) is 0 Å². The van der Waals surface area contributed by atoms with Crippen LogP contribution in [0.2, 0.25) is 0 Å². The quantitative estimate of drug-likeness (QED) is 0.840. The largest absolute Gasteiger partial charge is 0.367 e. The molecule has 1 rings (SSSR count). The summed E-state index contributed by atoms with van der Waals surface area (Å²) in [5.74, 6) is 2.42. The first kappa shape index (κ1) is 13.4. The van der Waals surface area contributed by atoms with Crippen LogP contribution in [0.4, 0.5) is 5.82 Å². The van der Waals surface area contributed by atoms with Crippen LogP contribution in [0.25, 0.3) is 0 Å². The summed E-state index contributed by atoms with van der Waals surface area (Å²) in [6.07, 6.45) is 2.02. The van der Waals surface area contributed by atoms with Crippen molar-refractivity contribution < 1.29 is 0 Å². The van der Waals surface area contributed by atoms with Gasteiger partial charge in [-0.15, -0.1) is 0 Å². The molecule has 0 spiro atoms. The number of nitrogens with zero attached hydrogens (tertiary/aromatic N) is 2. The molecule has 1 N–H and O–H groups in total. The molecule has 0 bridgehead atoms. The van der Waals surface area contributed by atoms with E-state index < -0.39 is 0 Å². The summed E-state index contributed by atoms with van der Waals surface area (Å²) in [5, 5.41) is 3.43. The minimum Gasteiger partial charge on any atom is -0.367 e. The Kier molecular flexibility index (Phi) is 5.19. The van der Waals surface area contributed by atoms with Crippen molar-refractivity contribution in [1.82, 2.24) is 9.97 Å². The highest BCUT2D eigenvalue weighted by atomic mass is 79.9. The maximum Gasteiger partial charge on any atom is 0.131 e. The first-order chi connectivity index (χ1) is 7.56. The molecule has 3 nitrogen and oxygen atoms in total. The van der Waals surface area contributed by atoms with Crippen molar-refractivity contribution in [3.63, 3.8) is 0 Å². The molecular weight excluding hydrogens is 266 g/mol. The second-order valence-corrected chi connectivity index (χ2v) is 4.98. The van der Waals surface area contributed by atoms with Crippen LogP contribution in [0.15, 0.2) is 10.7 Å². The number of nitrogens with one attached hydrogen (secondary N) is 1. The maximum atomic E-state index is 4.46. The zero-order valence-electron chi connectivity index (χ0n) is 10.4. The zero-order valence-corrected chi connectivity index (χ0v) is 12.0. The highest BCUT2D eigenvalue weighted by Gasteiger charge is 2.11. The van der Waals surface area contributed by atoms with Gasteiger partial charge in [-0.05, 0) is 28.8 Å². The van der Waals surface area contributed by atoms with Gasteiger partial charge in [0.1, 0.15) is 16.2 Å². The van der Waals surface area contributed by atoms with E-state index in [0.29, 0.717) is 12.0 Å². The Bertz CT molecular complexity index is 341. The van der Waals surface area contributed by atoms with Crippen LogP contribution in [0.5, 0.6) is 0 Å². The lowest BCUT2D eigenvalue weighted by Crippen LogP contribution is -2.24. The fraction of sp³-hybridized carbons (Fsp3) is 0.667. The molecule has 0 aliphatic carbocycles. The first-order valence-electron chi connectivity index (χ1n) is 5.86. The van der Waals surface area contributed by atoms with Gasteiger partial charge in [-0.3, -0.25) is 0 Å². The lowest BCUT2D eigenvalue weighted by molar-refractivity contribution is 0.493. The van der Waals surface area contributed by atoms with Gasteiger partial charge in [-0.2, -0.15) is 0 Å². The van der Waals surface area contributed by atoms with Crippen LogP contribution in [0, 0.1) is 5.92 Å². The number of rotatable bonds is 5. The Morgan fingerprint density at radius 2 is 2.00 bits per heavy atom. The van der Waals surface area contributed by atoms with Crippen molar-refractivity contribution in [2.75, 3.05) is 5.32 Å². The summed E-state index contributed by atoms with van der Waals surface area (Å²) >= 11 is 3.41. The molecule has 0 saturated heterocycles. The number of aromatic nitrogens is 2. The molecule has 0 aromatic carbocycles. The summed E-state index contributed by atoms with van der Waals surface area (Å²) < 4.78 is 0.846. The average Bonchev–Trinajstić information content (AvgIpc) is 2.26. The molecule has 2 atom stereocenters. The van der Waals surface area contributed by atoms with E-state index in [2.05, 4.69) is 58.9 Å². The molecule has 0 radical (unpaired) electrons. The summed E-state index contributed by atoms with van der Waals surface area (Å²) in [6, 6.07) is 2.36. The number of hydrogen-bond donors (Lipinski definition) is 1. The molecule has 0 fully saturated rings. The standard InChI is InChI=1S/C12H20BrN3/c1-5-8(3)9(4)14-12-7-10(13)15-11(6-2)16-12/h7-9H,5-6H2,1-4H3,(H,14,15,16). The van der Waals surface area contributed by atoms with Gasteiger partial charge in [-0.1, -0.05) is 27.2 Å². The van der Waals surface area contributed by atoms with Crippen LogP contribution in [0.3, 0.4) is 0 Å².